The predicted octanol–water partition coefficient (Wildman–Crippen LogP) is 3.97. The van der Waals surface area contributed by atoms with Gasteiger partial charge in [-0.2, -0.15) is 4.98 Å². The number of aromatic nitrogens is 4. The predicted molar refractivity (Wildman–Crippen MR) is 121 cm³/mol. The van der Waals surface area contributed by atoms with E-state index in [9.17, 15) is 9.90 Å². The molecule has 1 amide bonds. The number of fused-ring (bicyclic) bond motifs is 1. The minimum atomic E-state index is -0.512. The molecule has 0 aliphatic carbocycles. The second-order valence-corrected chi connectivity index (χ2v) is 7.42. The zero-order valence-electron chi connectivity index (χ0n) is 17.2. The quantitative estimate of drug-likeness (QED) is 0.458. The Balaban J connectivity index is 1.59. The third-order valence-corrected chi connectivity index (χ3v) is 5.25. The van der Waals surface area contributed by atoms with Gasteiger partial charge in [0.2, 0.25) is 5.95 Å². The summed E-state index contributed by atoms with van der Waals surface area (Å²) in [4.78, 5) is 22.2. The van der Waals surface area contributed by atoms with E-state index in [4.69, 9.17) is 5.10 Å². The van der Waals surface area contributed by atoms with E-state index in [1.807, 2.05) is 49.4 Å². The number of aromatic hydroxyl groups is 1. The number of carbonyl (C=O) groups excluding carboxylic acids is 1. The van der Waals surface area contributed by atoms with Gasteiger partial charge in [-0.1, -0.05) is 24.3 Å². The van der Waals surface area contributed by atoms with Crippen LogP contribution < -0.4 is 10.6 Å². The van der Waals surface area contributed by atoms with Crippen molar-refractivity contribution in [2.45, 2.75) is 13.0 Å². The lowest BCUT2D eigenvalue weighted by Gasteiger charge is -2.28. The maximum Gasteiger partial charge on any atom is 0.255 e. The largest absolute Gasteiger partial charge is 0.508 e. The first-order valence-corrected chi connectivity index (χ1v) is 10.1. The molecule has 5 rings (SSSR count). The molecule has 32 heavy (non-hydrogen) atoms. The number of rotatable bonds is 4. The van der Waals surface area contributed by atoms with Crippen LogP contribution in [0.25, 0.3) is 11.4 Å². The van der Waals surface area contributed by atoms with Gasteiger partial charge in [0.15, 0.2) is 5.82 Å². The molecule has 2 aromatic heterocycles. The topological polar surface area (TPSA) is 105 Å². The van der Waals surface area contributed by atoms with Crippen LogP contribution in [0.5, 0.6) is 5.75 Å². The molecule has 158 valence electrons. The molecule has 0 fully saturated rings. The van der Waals surface area contributed by atoms with Gasteiger partial charge in [-0.3, -0.25) is 9.78 Å². The molecule has 1 aliphatic rings. The van der Waals surface area contributed by atoms with E-state index in [0.717, 1.165) is 11.1 Å². The summed E-state index contributed by atoms with van der Waals surface area (Å²) < 4.78 is 1.70. The number of amides is 1. The number of anilines is 2. The fourth-order valence-electron chi connectivity index (χ4n) is 3.74. The zero-order chi connectivity index (χ0) is 22.1. The summed E-state index contributed by atoms with van der Waals surface area (Å²) in [7, 11) is 0. The fraction of sp³-hybridized carbons (Fsp3) is 0.0833. The van der Waals surface area contributed by atoms with Crippen molar-refractivity contribution in [2.24, 2.45) is 0 Å². The number of benzene rings is 2. The third kappa shape index (κ3) is 3.58. The van der Waals surface area contributed by atoms with Crippen molar-refractivity contribution in [2.75, 3.05) is 10.6 Å². The lowest BCUT2D eigenvalue weighted by molar-refractivity contribution is -0.113. The van der Waals surface area contributed by atoms with Crippen molar-refractivity contribution in [1.82, 2.24) is 19.7 Å². The van der Waals surface area contributed by atoms with Crippen LogP contribution in [0, 0.1) is 0 Å². The first-order valence-electron chi connectivity index (χ1n) is 10.1. The van der Waals surface area contributed by atoms with Crippen LogP contribution in [0.3, 0.4) is 0 Å². The molecule has 2 aromatic carbocycles. The van der Waals surface area contributed by atoms with Gasteiger partial charge in [0.25, 0.3) is 5.91 Å². The van der Waals surface area contributed by atoms with E-state index < -0.39 is 6.04 Å². The van der Waals surface area contributed by atoms with Crippen molar-refractivity contribution < 1.29 is 9.90 Å². The van der Waals surface area contributed by atoms with Crippen molar-refractivity contribution in [3.63, 3.8) is 0 Å². The molecule has 1 atom stereocenters. The van der Waals surface area contributed by atoms with E-state index in [1.165, 1.54) is 0 Å². The van der Waals surface area contributed by atoms with E-state index in [1.54, 1.807) is 41.3 Å². The summed E-state index contributed by atoms with van der Waals surface area (Å²) in [6, 6.07) is 19.2. The van der Waals surface area contributed by atoms with Gasteiger partial charge in [-0.15, -0.1) is 5.10 Å². The average Bonchev–Trinajstić information content (AvgIpc) is 3.23. The second kappa shape index (κ2) is 7.99. The number of phenolic OH excluding ortho intramolecular Hbond substituents is 1. The normalized spacial score (nSPS) is 15.1. The Morgan fingerprint density at radius 1 is 1.06 bits per heavy atom. The molecule has 0 saturated carbocycles. The van der Waals surface area contributed by atoms with Crippen LogP contribution in [-0.2, 0) is 4.79 Å². The zero-order valence-corrected chi connectivity index (χ0v) is 17.2. The van der Waals surface area contributed by atoms with Crippen molar-refractivity contribution in [3.8, 4) is 17.1 Å². The first-order chi connectivity index (χ1) is 15.6. The van der Waals surface area contributed by atoms with Gasteiger partial charge in [-0.25, -0.2) is 4.68 Å². The molecule has 8 heteroatoms. The van der Waals surface area contributed by atoms with Crippen LogP contribution >= 0.6 is 0 Å². The van der Waals surface area contributed by atoms with Crippen molar-refractivity contribution in [1.29, 1.82) is 0 Å². The Hall–Kier alpha value is -4.46. The highest BCUT2D eigenvalue weighted by atomic mass is 16.3. The van der Waals surface area contributed by atoms with Gasteiger partial charge < -0.3 is 15.7 Å². The number of allylic oxidation sites excluding steroid dienone is 1. The molecular weight excluding hydrogens is 404 g/mol. The van der Waals surface area contributed by atoms with Crippen LogP contribution in [-0.4, -0.2) is 30.8 Å². The van der Waals surface area contributed by atoms with Crippen molar-refractivity contribution >= 4 is 17.5 Å². The Labute approximate surface area is 184 Å². The summed E-state index contributed by atoms with van der Waals surface area (Å²) in [5.41, 5.74) is 3.48. The summed E-state index contributed by atoms with van der Waals surface area (Å²) in [5, 5.41) is 20.5. The maximum atomic E-state index is 13.4. The number of pyridine rings is 1. The number of para-hydroxylation sites is 1. The summed E-state index contributed by atoms with van der Waals surface area (Å²) >= 11 is 0. The Morgan fingerprint density at radius 2 is 1.84 bits per heavy atom. The van der Waals surface area contributed by atoms with E-state index in [-0.39, 0.29) is 11.7 Å². The molecule has 0 spiro atoms. The smallest absolute Gasteiger partial charge is 0.255 e. The highest BCUT2D eigenvalue weighted by molar-refractivity contribution is 6.06. The maximum absolute atomic E-state index is 13.4. The van der Waals surface area contributed by atoms with Crippen LogP contribution in [0.1, 0.15) is 18.5 Å². The number of nitrogens with one attached hydrogen (secondary N) is 2. The highest BCUT2D eigenvalue weighted by Gasteiger charge is 2.34. The molecule has 0 saturated heterocycles. The van der Waals surface area contributed by atoms with E-state index in [2.05, 4.69) is 20.6 Å². The number of hydrogen-bond acceptors (Lipinski definition) is 6. The Morgan fingerprint density at radius 3 is 2.56 bits per heavy atom. The molecule has 8 nitrogen and oxygen atoms in total. The average molecular weight is 424 g/mol. The van der Waals surface area contributed by atoms with Gasteiger partial charge in [0.05, 0.1) is 5.57 Å². The molecule has 3 heterocycles. The third-order valence-electron chi connectivity index (χ3n) is 5.25. The van der Waals surface area contributed by atoms with Gasteiger partial charge >= 0.3 is 0 Å². The fourth-order valence-corrected chi connectivity index (χ4v) is 3.74. The monoisotopic (exact) mass is 424 g/mol. The minimum absolute atomic E-state index is 0.168. The Kier molecular flexibility index (Phi) is 4.87. The second-order valence-electron chi connectivity index (χ2n) is 7.42. The highest BCUT2D eigenvalue weighted by Crippen LogP contribution is 2.36. The van der Waals surface area contributed by atoms with Crippen LogP contribution in [0.2, 0.25) is 0 Å². The SMILES string of the molecule is CC1=C(C(=O)Nc2ccccc2)C(c2cccnc2)n2nc(-c3ccc(O)cc3)nc2N1. The molecule has 4 aromatic rings. The molecule has 3 N–H and O–H groups in total. The van der Waals surface area contributed by atoms with Crippen LogP contribution in [0.15, 0.2) is 90.4 Å². The standard InChI is InChI=1S/C24H20N6O2/c1-15-20(23(32)27-18-7-3-2-4-8-18)21(17-6-5-13-25-14-17)30-24(26-15)28-22(29-30)16-9-11-19(31)12-10-16/h2-14,21,31H,1H3,(H,27,32)(H,26,28,29). The van der Waals surface area contributed by atoms with E-state index >= 15 is 0 Å². The molecule has 1 aliphatic heterocycles. The summed E-state index contributed by atoms with van der Waals surface area (Å²) in [6.45, 7) is 1.85. The lowest BCUT2D eigenvalue weighted by atomic mass is 9.96. The first kappa shape index (κ1) is 19.5. The number of nitrogens with zero attached hydrogens (tertiary/aromatic N) is 4. The molecule has 0 radical (unpaired) electrons. The number of hydrogen-bond donors (Lipinski definition) is 3. The van der Waals surface area contributed by atoms with Crippen molar-refractivity contribution in [3.05, 3.63) is 96.0 Å². The van der Waals surface area contributed by atoms with E-state index in [0.29, 0.717) is 28.7 Å². The Bertz CT molecular complexity index is 1300. The summed E-state index contributed by atoms with van der Waals surface area (Å²) in [6.07, 6.45) is 3.42. The minimum Gasteiger partial charge on any atom is -0.508 e. The number of carbonyl (C=O) groups is 1. The summed E-state index contributed by atoms with van der Waals surface area (Å²) in [5.74, 6) is 0.943. The van der Waals surface area contributed by atoms with Crippen LogP contribution in [0.4, 0.5) is 11.6 Å². The van der Waals surface area contributed by atoms with Gasteiger partial charge in [0, 0.05) is 29.3 Å². The van der Waals surface area contributed by atoms with Gasteiger partial charge in [-0.05, 0) is 55.0 Å². The number of phenols is 1. The van der Waals surface area contributed by atoms with Gasteiger partial charge in [0.1, 0.15) is 11.8 Å². The molecular formula is C24H20N6O2. The molecule has 1 unspecified atom stereocenters. The lowest BCUT2D eigenvalue weighted by Crippen LogP contribution is -2.31. The molecule has 0 bridgehead atoms.